The fourth-order valence-electron chi connectivity index (χ4n) is 1.07. The van der Waals surface area contributed by atoms with Crippen LogP contribution in [0.2, 0.25) is 0 Å². The molecule has 1 rings (SSSR count). The summed E-state index contributed by atoms with van der Waals surface area (Å²) in [5, 5.41) is 1.64. The van der Waals surface area contributed by atoms with Gasteiger partial charge in [-0.2, -0.15) is 0 Å². The third kappa shape index (κ3) is 2.70. The Morgan fingerprint density at radius 3 is 3.08 bits per heavy atom. The van der Waals surface area contributed by atoms with Crippen LogP contribution in [0.5, 0.6) is 0 Å². The summed E-state index contributed by atoms with van der Waals surface area (Å²) in [5.41, 5.74) is 1.94. The molecule has 0 aromatic carbocycles. The van der Waals surface area contributed by atoms with E-state index in [2.05, 4.69) is 24.3 Å². The van der Waals surface area contributed by atoms with E-state index < -0.39 is 11.0 Å². The first-order valence-corrected chi connectivity index (χ1v) is 5.38. The lowest BCUT2D eigenvalue weighted by molar-refractivity contribution is 0.683. The Bertz CT molecular complexity index is 313. The molecule has 0 radical (unpaired) electrons. The molecule has 0 amide bonds. The average Bonchev–Trinajstić information content (AvgIpc) is 2.10. The van der Waals surface area contributed by atoms with Crippen molar-refractivity contribution < 1.29 is 4.21 Å². The molecule has 1 aliphatic heterocycles. The third-order valence-electron chi connectivity index (χ3n) is 1.60. The summed E-state index contributed by atoms with van der Waals surface area (Å²) in [6.45, 7) is 5.68. The number of hydrogen-bond donors (Lipinski definition) is 1. The van der Waals surface area contributed by atoms with Crippen LogP contribution in [0.3, 0.4) is 0 Å². The molecule has 1 aliphatic rings. The first-order valence-electron chi connectivity index (χ1n) is 4.16. The van der Waals surface area contributed by atoms with Crippen molar-refractivity contribution in [3.63, 3.8) is 0 Å². The molecule has 70 valence electrons. The number of hydrogen-bond acceptors (Lipinski definition) is 1. The second-order valence-electron chi connectivity index (χ2n) is 2.59. The topological polar surface area (TPSA) is 29.1 Å². The van der Waals surface area contributed by atoms with Gasteiger partial charge in [0.2, 0.25) is 0 Å². The molecule has 0 spiro atoms. The van der Waals surface area contributed by atoms with E-state index in [1.54, 1.807) is 11.5 Å². The third-order valence-corrected chi connectivity index (χ3v) is 2.41. The van der Waals surface area contributed by atoms with Crippen molar-refractivity contribution in [3.8, 4) is 0 Å². The van der Waals surface area contributed by atoms with Crippen LogP contribution < -0.4 is 4.72 Å². The van der Waals surface area contributed by atoms with Crippen molar-refractivity contribution >= 4 is 11.0 Å². The highest BCUT2D eigenvalue weighted by atomic mass is 32.2. The first-order chi connectivity index (χ1) is 6.27. The van der Waals surface area contributed by atoms with Crippen LogP contribution in [-0.4, -0.2) is 4.21 Å². The smallest absolute Gasteiger partial charge is 0.142 e. The van der Waals surface area contributed by atoms with E-state index in [4.69, 9.17) is 0 Å². The van der Waals surface area contributed by atoms with Crippen LogP contribution in [-0.2, 0) is 11.0 Å². The predicted molar refractivity (Wildman–Crippen MR) is 57.1 cm³/mol. The summed E-state index contributed by atoms with van der Waals surface area (Å²) in [6.07, 6.45) is 8.41. The van der Waals surface area contributed by atoms with E-state index in [9.17, 15) is 4.21 Å². The van der Waals surface area contributed by atoms with Crippen molar-refractivity contribution in [2.24, 2.45) is 0 Å². The van der Waals surface area contributed by atoms with Gasteiger partial charge in [-0.15, -0.1) is 0 Å². The van der Waals surface area contributed by atoms with Gasteiger partial charge < -0.3 is 4.72 Å². The summed E-state index contributed by atoms with van der Waals surface area (Å²) in [4.78, 5) is 0. The van der Waals surface area contributed by atoms with Gasteiger partial charge in [-0.05, 0) is 24.1 Å². The molecular weight excluding hydrogens is 182 g/mol. The van der Waals surface area contributed by atoms with Gasteiger partial charge in [0.05, 0.1) is 5.70 Å². The van der Waals surface area contributed by atoms with E-state index >= 15 is 0 Å². The maximum atomic E-state index is 11.1. The summed E-state index contributed by atoms with van der Waals surface area (Å²) in [7, 11) is -1.08. The van der Waals surface area contributed by atoms with Crippen LogP contribution in [0, 0.1) is 0 Å². The molecule has 0 saturated carbocycles. The van der Waals surface area contributed by atoms with Crippen molar-refractivity contribution in [1.29, 1.82) is 0 Å². The van der Waals surface area contributed by atoms with Gasteiger partial charge in [-0.25, -0.2) is 4.21 Å². The Morgan fingerprint density at radius 2 is 2.46 bits per heavy atom. The van der Waals surface area contributed by atoms with Crippen molar-refractivity contribution in [2.75, 3.05) is 0 Å². The van der Waals surface area contributed by atoms with Crippen molar-refractivity contribution in [1.82, 2.24) is 4.72 Å². The Balaban J connectivity index is 2.98. The van der Waals surface area contributed by atoms with Gasteiger partial charge >= 0.3 is 0 Å². The molecule has 13 heavy (non-hydrogen) atoms. The second kappa shape index (κ2) is 4.82. The van der Waals surface area contributed by atoms with Crippen LogP contribution in [0.4, 0.5) is 0 Å². The average molecular weight is 195 g/mol. The molecule has 0 aliphatic carbocycles. The van der Waals surface area contributed by atoms with Crippen LogP contribution >= 0.6 is 0 Å². The molecule has 0 aromatic rings. The monoisotopic (exact) mass is 195 g/mol. The fraction of sp³-hybridized carbons (Fsp3) is 0.200. The normalized spacial score (nSPS) is 27.6. The molecule has 2 nitrogen and oxygen atoms in total. The van der Waals surface area contributed by atoms with Crippen LogP contribution in [0.15, 0.2) is 47.6 Å². The maximum absolute atomic E-state index is 11.1. The molecule has 1 N–H and O–H groups in total. The highest BCUT2D eigenvalue weighted by Crippen LogP contribution is 2.15. The summed E-state index contributed by atoms with van der Waals surface area (Å²) in [5.74, 6) is 0. The molecule has 0 aromatic heterocycles. The zero-order valence-corrected chi connectivity index (χ0v) is 8.43. The highest BCUT2D eigenvalue weighted by molar-refractivity contribution is 7.86. The van der Waals surface area contributed by atoms with E-state index in [0.717, 1.165) is 17.7 Å². The van der Waals surface area contributed by atoms with Crippen LogP contribution in [0.25, 0.3) is 0 Å². The molecule has 1 unspecified atom stereocenters. The van der Waals surface area contributed by atoms with Gasteiger partial charge in [-0.1, -0.05) is 25.7 Å². The van der Waals surface area contributed by atoms with E-state index in [-0.39, 0.29) is 0 Å². The van der Waals surface area contributed by atoms with Gasteiger partial charge in [-0.3, -0.25) is 0 Å². The molecule has 0 saturated heterocycles. The van der Waals surface area contributed by atoms with Gasteiger partial charge in [0.1, 0.15) is 11.0 Å². The lowest BCUT2D eigenvalue weighted by Crippen LogP contribution is -2.19. The van der Waals surface area contributed by atoms with Crippen molar-refractivity contribution in [2.45, 2.75) is 13.3 Å². The lowest BCUT2D eigenvalue weighted by atomic mass is 10.1. The fourth-order valence-corrected chi connectivity index (χ4v) is 1.81. The van der Waals surface area contributed by atoms with Crippen molar-refractivity contribution in [3.05, 3.63) is 47.6 Å². The largest absolute Gasteiger partial charge is 0.301 e. The standard InChI is InChI=1S/C10H13NOS/c1-3-5-9-7-8-13(12)11-10(9)6-4-2/h4-8,11H,2-3H2,1H3/b9-5-,10-6+. The molecular formula is C10H13NOS. The highest BCUT2D eigenvalue weighted by Gasteiger charge is 2.08. The Hall–Kier alpha value is -1.09. The Morgan fingerprint density at radius 1 is 1.69 bits per heavy atom. The number of allylic oxidation sites excluding steroid dienone is 4. The molecule has 0 bridgehead atoms. The minimum atomic E-state index is -1.08. The number of nitrogens with one attached hydrogen (secondary N) is 1. The van der Waals surface area contributed by atoms with E-state index in [0.29, 0.717) is 0 Å². The molecule has 1 atom stereocenters. The SMILES string of the molecule is C=C/C=C1/NS(=O)C=C/C1=C/CC. The Kier molecular flexibility index (Phi) is 3.71. The predicted octanol–water partition coefficient (Wildman–Crippen LogP) is 2.17. The lowest BCUT2D eigenvalue weighted by Gasteiger charge is -2.13. The zero-order chi connectivity index (χ0) is 9.68. The van der Waals surface area contributed by atoms with E-state index in [1.807, 2.05) is 12.2 Å². The Labute approximate surface area is 81.3 Å². The zero-order valence-electron chi connectivity index (χ0n) is 7.62. The quantitative estimate of drug-likeness (QED) is 0.719. The minimum Gasteiger partial charge on any atom is -0.301 e. The van der Waals surface area contributed by atoms with Gasteiger partial charge in [0.15, 0.2) is 0 Å². The summed E-state index contributed by atoms with van der Waals surface area (Å²) < 4.78 is 14.0. The molecule has 0 fully saturated rings. The van der Waals surface area contributed by atoms with Crippen LogP contribution in [0.1, 0.15) is 13.3 Å². The first kappa shape index (κ1) is 9.99. The molecule has 3 heteroatoms. The second-order valence-corrected chi connectivity index (χ2v) is 3.66. The van der Waals surface area contributed by atoms with Gasteiger partial charge in [0.25, 0.3) is 0 Å². The minimum absolute atomic E-state index is 0.873. The van der Waals surface area contributed by atoms with Gasteiger partial charge in [0, 0.05) is 5.41 Å². The number of rotatable bonds is 2. The summed E-state index contributed by atoms with van der Waals surface area (Å²) >= 11 is 0. The molecule has 1 heterocycles. The maximum Gasteiger partial charge on any atom is 0.142 e. The summed E-state index contributed by atoms with van der Waals surface area (Å²) in [6, 6.07) is 0. The van der Waals surface area contributed by atoms with E-state index in [1.165, 1.54) is 0 Å².